The molecule has 0 aliphatic heterocycles. The van der Waals surface area contributed by atoms with Gasteiger partial charge in [-0.05, 0) is 39.0 Å². The van der Waals surface area contributed by atoms with Crippen LogP contribution in [0.2, 0.25) is 0 Å². The van der Waals surface area contributed by atoms with Gasteiger partial charge in [-0.25, -0.2) is 4.98 Å². The number of unbranched alkanes of at least 4 members (excludes halogenated alkanes) is 17. The Morgan fingerprint density at radius 1 is 0.780 bits per heavy atom. The zero-order valence-corrected chi connectivity index (χ0v) is 32.7. The second-order valence-electron chi connectivity index (χ2n) is 15.0. The normalized spacial score (nSPS) is 14.3. The molecule has 1 unspecified atom stereocenters. The monoisotopic (exact) mass is 701 g/mol. The molecule has 8 heteroatoms. The van der Waals surface area contributed by atoms with Crippen molar-refractivity contribution in [3.63, 3.8) is 0 Å². The summed E-state index contributed by atoms with van der Waals surface area (Å²) in [7, 11) is 0. The zero-order chi connectivity index (χ0) is 36.1. The summed E-state index contributed by atoms with van der Waals surface area (Å²) in [6, 6.07) is -0.388. The lowest BCUT2D eigenvalue weighted by Gasteiger charge is -2.32. The molecular formula is C42H76N4O4. The molecule has 8 nitrogen and oxygen atoms in total. The molecule has 2 rings (SSSR count). The summed E-state index contributed by atoms with van der Waals surface area (Å²) in [5.74, 6) is 0.305. The predicted octanol–water partition coefficient (Wildman–Crippen LogP) is 10.4. The molecule has 0 bridgehead atoms. The van der Waals surface area contributed by atoms with E-state index in [-0.39, 0.29) is 30.4 Å². The van der Waals surface area contributed by atoms with Crippen LogP contribution in [0.1, 0.15) is 199 Å². The molecule has 1 saturated carbocycles. The van der Waals surface area contributed by atoms with Crippen LogP contribution in [0, 0.1) is 6.92 Å². The third-order valence-electron chi connectivity index (χ3n) is 10.6. The van der Waals surface area contributed by atoms with Crippen LogP contribution in [0.3, 0.4) is 0 Å². The average molecular weight is 701 g/mol. The number of ether oxygens (including phenoxy) is 1. The molecule has 1 aromatic heterocycles. The zero-order valence-electron chi connectivity index (χ0n) is 32.7. The minimum absolute atomic E-state index is 0.0454. The lowest BCUT2D eigenvalue weighted by molar-refractivity contribution is -0.154. The summed E-state index contributed by atoms with van der Waals surface area (Å²) in [6.45, 7) is 7.30. The van der Waals surface area contributed by atoms with Gasteiger partial charge in [0.2, 0.25) is 5.91 Å². The van der Waals surface area contributed by atoms with Gasteiger partial charge in [0.05, 0.1) is 0 Å². The number of rotatable bonds is 30. The van der Waals surface area contributed by atoms with Gasteiger partial charge in [0.1, 0.15) is 11.9 Å². The summed E-state index contributed by atoms with van der Waals surface area (Å²) in [4.78, 5) is 46.5. The standard InChI is InChI=1S/C42H76N4O4/c1-4-6-8-10-12-13-14-15-16-17-18-20-26-31-41(48)50-36-40(47)46(34-27-33-45-35-32-43-37(45)3)39(30-25-19-11-9-7-5-2)42(49)44-38-28-23-21-22-24-29-38/h32,35,38-39H,4-31,33-34,36H2,1-3H3,(H,44,49). The van der Waals surface area contributed by atoms with Crippen LogP contribution < -0.4 is 5.32 Å². The Balaban J connectivity index is 1.88. The molecule has 0 spiro atoms. The Labute approximate surface area is 306 Å². The van der Waals surface area contributed by atoms with Crippen molar-refractivity contribution in [3.8, 4) is 0 Å². The van der Waals surface area contributed by atoms with Gasteiger partial charge >= 0.3 is 5.97 Å². The van der Waals surface area contributed by atoms with Crippen molar-refractivity contribution in [2.24, 2.45) is 0 Å². The fraction of sp³-hybridized carbons (Fsp3) is 0.857. The van der Waals surface area contributed by atoms with Crippen LogP contribution >= 0.6 is 0 Å². The van der Waals surface area contributed by atoms with Crippen LogP contribution in [0.5, 0.6) is 0 Å². The minimum Gasteiger partial charge on any atom is -0.456 e. The Morgan fingerprint density at radius 3 is 1.86 bits per heavy atom. The number of aryl methyl sites for hydroxylation is 2. The van der Waals surface area contributed by atoms with Gasteiger partial charge in [0.15, 0.2) is 6.61 Å². The molecule has 288 valence electrons. The fourth-order valence-electron chi connectivity index (χ4n) is 7.36. The van der Waals surface area contributed by atoms with E-state index in [4.69, 9.17) is 4.74 Å². The van der Waals surface area contributed by atoms with Gasteiger partial charge in [-0.3, -0.25) is 14.4 Å². The van der Waals surface area contributed by atoms with E-state index in [1.807, 2.05) is 13.1 Å². The van der Waals surface area contributed by atoms with E-state index < -0.39 is 6.04 Å². The number of hydrogen-bond acceptors (Lipinski definition) is 5. The highest BCUT2D eigenvalue weighted by molar-refractivity contribution is 5.89. The van der Waals surface area contributed by atoms with Crippen LogP contribution in [0.25, 0.3) is 0 Å². The Morgan fingerprint density at radius 2 is 1.32 bits per heavy atom. The molecule has 1 aromatic rings. The molecule has 1 N–H and O–H groups in total. The molecule has 1 fully saturated rings. The maximum absolute atomic E-state index is 13.9. The van der Waals surface area contributed by atoms with E-state index in [0.717, 1.165) is 70.0 Å². The van der Waals surface area contributed by atoms with E-state index in [9.17, 15) is 14.4 Å². The molecular weight excluding hydrogens is 624 g/mol. The molecule has 0 radical (unpaired) electrons. The topological polar surface area (TPSA) is 93.5 Å². The summed E-state index contributed by atoms with van der Waals surface area (Å²) >= 11 is 0. The van der Waals surface area contributed by atoms with E-state index in [2.05, 4.69) is 28.7 Å². The number of imidazole rings is 1. The van der Waals surface area contributed by atoms with E-state index in [0.29, 0.717) is 32.4 Å². The third kappa shape index (κ3) is 20.5. The number of esters is 1. The number of nitrogens with zero attached hydrogens (tertiary/aromatic N) is 3. The average Bonchev–Trinajstić information content (AvgIpc) is 3.34. The second-order valence-corrected chi connectivity index (χ2v) is 15.0. The highest BCUT2D eigenvalue weighted by atomic mass is 16.5. The molecule has 1 atom stereocenters. The van der Waals surface area contributed by atoms with Gasteiger partial charge < -0.3 is 19.5 Å². The third-order valence-corrected chi connectivity index (χ3v) is 10.6. The van der Waals surface area contributed by atoms with E-state index in [1.54, 1.807) is 11.1 Å². The first kappa shape index (κ1) is 43.8. The fourth-order valence-corrected chi connectivity index (χ4v) is 7.36. The lowest BCUT2D eigenvalue weighted by atomic mass is 10.0. The molecule has 0 saturated heterocycles. The van der Waals surface area contributed by atoms with E-state index >= 15 is 0 Å². The number of aromatic nitrogens is 2. The first-order valence-electron chi connectivity index (χ1n) is 21.2. The van der Waals surface area contributed by atoms with Gasteiger partial charge in [0, 0.05) is 37.9 Å². The number of carbonyl (C=O) groups excluding carboxylic acids is 3. The van der Waals surface area contributed by atoms with Crippen LogP contribution in [-0.2, 0) is 25.7 Å². The lowest BCUT2D eigenvalue weighted by Crippen LogP contribution is -2.53. The maximum Gasteiger partial charge on any atom is 0.306 e. The van der Waals surface area contributed by atoms with Crippen LogP contribution in [0.4, 0.5) is 0 Å². The summed E-state index contributed by atoms with van der Waals surface area (Å²) in [5, 5.41) is 3.35. The smallest absolute Gasteiger partial charge is 0.306 e. The largest absolute Gasteiger partial charge is 0.456 e. The van der Waals surface area contributed by atoms with Crippen molar-refractivity contribution in [2.75, 3.05) is 13.2 Å². The minimum atomic E-state index is -0.555. The number of nitrogens with one attached hydrogen (secondary N) is 1. The predicted molar refractivity (Wildman–Crippen MR) is 206 cm³/mol. The SMILES string of the molecule is CCCCCCCCCCCCCCCC(=O)OCC(=O)N(CCCn1ccnc1C)C(CCCCCCCC)C(=O)NC1CCCCCC1. The number of carbonyl (C=O) groups is 3. The molecule has 0 aromatic carbocycles. The summed E-state index contributed by atoms with van der Waals surface area (Å²) in [6.07, 6.45) is 35.1. The molecule has 1 aliphatic carbocycles. The molecule has 1 aliphatic rings. The Hall–Kier alpha value is -2.38. The van der Waals surface area contributed by atoms with Crippen molar-refractivity contribution in [1.82, 2.24) is 19.8 Å². The number of hydrogen-bond donors (Lipinski definition) is 1. The van der Waals surface area contributed by atoms with Gasteiger partial charge in [-0.1, -0.05) is 155 Å². The maximum atomic E-state index is 13.9. The highest BCUT2D eigenvalue weighted by Gasteiger charge is 2.31. The van der Waals surface area contributed by atoms with Crippen molar-refractivity contribution in [1.29, 1.82) is 0 Å². The van der Waals surface area contributed by atoms with E-state index in [1.165, 1.54) is 96.3 Å². The second kappa shape index (κ2) is 29.2. The van der Waals surface area contributed by atoms with Gasteiger partial charge in [0.25, 0.3) is 5.91 Å². The quantitative estimate of drug-likeness (QED) is 0.0490. The summed E-state index contributed by atoms with van der Waals surface area (Å²) in [5.41, 5.74) is 0. The van der Waals surface area contributed by atoms with Gasteiger partial charge in [-0.2, -0.15) is 0 Å². The van der Waals surface area contributed by atoms with Crippen molar-refractivity contribution in [2.45, 2.75) is 219 Å². The molecule has 2 amide bonds. The molecule has 50 heavy (non-hydrogen) atoms. The molecule has 1 heterocycles. The first-order valence-corrected chi connectivity index (χ1v) is 21.2. The van der Waals surface area contributed by atoms with Crippen molar-refractivity contribution in [3.05, 3.63) is 18.2 Å². The number of amides is 2. The van der Waals surface area contributed by atoms with Gasteiger partial charge in [-0.15, -0.1) is 0 Å². The highest BCUT2D eigenvalue weighted by Crippen LogP contribution is 2.20. The Bertz CT molecular complexity index is 1000. The summed E-state index contributed by atoms with van der Waals surface area (Å²) < 4.78 is 7.63. The first-order chi connectivity index (χ1) is 24.5. The van der Waals surface area contributed by atoms with Crippen molar-refractivity contribution >= 4 is 17.8 Å². The van der Waals surface area contributed by atoms with Crippen LogP contribution in [-0.4, -0.2) is 57.5 Å². The van der Waals surface area contributed by atoms with Crippen LogP contribution in [0.15, 0.2) is 12.4 Å². The Kier molecular flexibility index (Phi) is 25.6. The van der Waals surface area contributed by atoms with Crippen molar-refractivity contribution < 1.29 is 19.1 Å².